The molecule has 192 valence electrons. The molecular formula is C36H31FN2. The van der Waals surface area contributed by atoms with Gasteiger partial charge in [0.05, 0.1) is 11.4 Å². The fourth-order valence-corrected chi connectivity index (χ4v) is 6.78. The number of hydrogen-bond donors (Lipinski definition) is 1. The Morgan fingerprint density at radius 1 is 0.821 bits per heavy atom. The summed E-state index contributed by atoms with van der Waals surface area (Å²) < 4.78 is 15.7. The van der Waals surface area contributed by atoms with Crippen LogP contribution in [0.2, 0.25) is 0 Å². The van der Waals surface area contributed by atoms with Gasteiger partial charge in [0, 0.05) is 23.4 Å². The summed E-state index contributed by atoms with van der Waals surface area (Å²) in [5, 5.41) is 9.84. The Balaban J connectivity index is 1.48. The van der Waals surface area contributed by atoms with Crippen LogP contribution in [0.1, 0.15) is 46.7 Å². The van der Waals surface area contributed by atoms with Gasteiger partial charge in [0.15, 0.2) is 0 Å². The second-order valence-electron chi connectivity index (χ2n) is 10.8. The summed E-state index contributed by atoms with van der Waals surface area (Å²) >= 11 is 0. The van der Waals surface area contributed by atoms with Crippen LogP contribution in [-0.2, 0) is 13.0 Å². The van der Waals surface area contributed by atoms with E-state index in [4.69, 9.17) is 4.98 Å². The van der Waals surface area contributed by atoms with Gasteiger partial charge >= 0.3 is 0 Å². The van der Waals surface area contributed by atoms with E-state index in [1.54, 1.807) is 6.07 Å². The van der Waals surface area contributed by atoms with E-state index in [1.165, 1.54) is 39.4 Å². The lowest BCUT2D eigenvalue weighted by molar-refractivity contribution is 0.618. The lowest BCUT2D eigenvalue weighted by Gasteiger charge is -2.29. The van der Waals surface area contributed by atoms with Crippen molar-refractivity contribution in [3.8, 4) is 11.3 Å². The molecule has 0 radical (unpaired) electrons. The Labute approximate surface area is 228 Å². The number of rotatable bonds is 4. The van der Waals surface area contributed by atoms with Gasteiger partial charge in [-0.1, -0.05) is 78.9 Å². The van der Waals surface area contributed by atoms with Crippen LogP contribution in [0.15, 0.2) is 91.0 Å². The predicted octanol–water partition coefficient (Wildman–Crippen LogP) is 8.84. The van der Waals surface area contributed by atoms with Crippen molar-refractivity contribution in [2.24, 2.45) is 0 Å². The second kappa shape index (κ2) is 9.59. The lowest BCUT2D eigenvalue weighted by Crippen LogP contribution is -2.13. The average molecular weight is 511 g/mol. The van der Waals surface area contributed by atoms with Gasteiger partial charge in [-0.25, -0.2) is 4.39 Å². The van der Waals surface area contributed by atoms with Crippen LogP contribution in [0.5, 0.6) is 0 Å². The van der Waals surface area contributed by atoms with Crippen molar-refractivity contribution < 1.29 is 4.39 Å². The first-order chi connectivity index (χ1) is 19.1. The minimum atomic E-state index is -0.240. The van der Waals surface area contributed by atoms with Gasteiger partial charge in [-0.3, -0.25) is 4.98 Å². The Hall–Kier alpha value is -4.08. The molecule has 1 unspecified atom stereocenters. The number of nitrogens with one attached hydrogen (secondary N) is 1. The molecule has 1 aromatic heterocycles. The van der Waals surface area contributed by atoms with Gasteiger partial charge in [-0.15, -0.1) is 0 Å². The molecule has 0 spiro atoms. The first-order valence-corrected chi connectivity index (χ1v) is 13.9. The minimum Gasteiger partial charge on any atom is -0.314 e. The molecule has 1 aliphatic rings. The zero-order valence-electron chi connectivity index (χ0n) is 22.4. The van der Waals surface area contributed by atoms with Crippen molar-refractivity contribution in [3.63, 3.8) is 0 Å². The number of fused-ring (bicyclic) bond motifs is 6. The molecule has 0 saturated heterocycles. The molecule has 0 aliphatic heterocycles. The Morgan fingerprint density at radius 3 is 2.44 bits per heavy atom. The zero-order valence-corrected chi connectivity index (χ0v) is 22.4. The highest BCUT2D eigenvalue weighted by molar-refractivity contribution is 6.13. The summed E-state index contributed by atoms with van der Waals surface area (Å²) in [5.41, 5.74) is 7.83. The van der Waals surface area contributed by atoms with E-state index < -0.39 is 0 Å². The van der Waals surface area contributed by atoms with Crippen LogP contribution in [0.4, 0.5) is 4.39 Å². The molecule has 0 saturated carbocycles. The van der Waals surface area contributed by atoms with Crippen molar-refractivity contribution >= 4 is 32.3 Å². The molecular weight excluding hydrogens is 479 g/mol. The standard InChI is InChI=1S/C36H31FN2/c1-22-8-3-5-11-25(22)29-13-7-10-23-14-15-27-28-18-19-32(37)36(31(28)17-16-30(27)35(23)29)33-20-24-9-4-6-12-26(24)34(39-33)21-38-2/h3-6,8-9,11-12,14-20,29,38H,7,10,13,21H2,1-2H3. The summed E-state index contributed by atoms with van der Waals surface area (Å²) in [6.07, 6.45) is 3.46. The number of benzene rings is 5. The third-order valence-electron chi connectivity index (χ3n) is 8.55. The Kier molecular flexibility index (Phi) is 5.90. The molecule has 0 amide bonds. The van der Waals surface area contributed by atoms with Crippen LogP contribution >= 0.6 is 0 Å². The molecule has 7 rings (SSSR count). The number of hydrogen-bond acceptors (Lipinski definition) is 2. The van der Waals surface area contributed by atoms with Crippen LogP contribution in [-0.4, -0.2) is 12.0 Å². The van der Waals surface area contributed by atoms with Crippen LogP contribution in [0, 0.1) is 12.7 Å². The number of aryl methyl sites for hydroxylation is 2. The largest absolute Gasteiger partial charge is 0.314 e. The van der Waals surface area contributed by atoms with Crippen molar-refractivity contribution in [3.05, 3.63) is 125 Å². The maximum Gasteiger partial charge on any atom is 0.133 e. The topological polar surface area (TPSA) is 24.9 Å². The number of pyridine rings is 1. The Bertz CT molecular complexity index is 1890. The number of aromatic nitrogens is 1. The van der Waals surface area contributed by atoms with Gasteiger partial charge in [0.25, 0.3) is 0 Å². The molecule has 6 aromatic rings. The molecule has 1 N–H and O–H groups in total. The summed E-state index contributed by atoms with van der Waals surface area (Å²) in [4.78, 5) is 4.98. The first kappa shape index (κ1) is 24.0. The predicted molar refractivity (Wildman–Crippen MR) is 161 cm³/mol. The van der Waals surface area contributed by atoms with E-state index in [0.29, 0.717) is 23.7 Å². The molecule has 2 nitrogen and oxygen atoms in total. The third-order valence-corrected chi connectivity index (χ3v) is 8.55. The van der Waals surface area contributed by atoms with Crippen LogP contribution < -0.4 is 5.32 Å². The summed E-state index contributed by atoms with van der Waals surface area (Å²) in [6.45, 7) is 2.84. The Morgan fingerprint density at radius 2 is 1.56 bits per heavy atom. The highest BCUT2D eigenvalue weighted by Crippen LogP contribution is 2.44. The maximum atomic E-state index is 15.7. The molecule has 0 fully saturated rings. The fraction of sp³-hybridized carbons (Fsp3) is 0.194. The van der Waals surface area contributed by atoms with Crippen molar-refractivity contribution in [1.82, 2.24) is 10.3 Å². The zero-order chi connectivity index (χ0) is 26.5. The number of halogens is 1. The lowest BCUT2D eigenvalue weighted by atomic mass is 9.75. The fourth-order valence-electron chi connectivity index (χ4n) is 6.78. The quantitative estimate of drug-likeness (QED) is 0.240. The minimum absolute atomic E-state index is 0.240. The molecule has 1 aliphatic carbocycles. The van der Waals surface area contributed by atoms with E-state index in [-0.39, 0.29) is 5.82 Å². The van der Waals surface area contributed by atoms with E-state index in [1.807, 2.05) is 31.3 Å². The normalized spacial score (nSPS) is 15.2. The monoisotopic (exact) mass is 510 g/mol. The summed E-state index contributed by atoms with van der Waals surface area (Å²) in [5.74, 6) is 0.137. The molecule has 1 atom stereocenters. The third kappa shape index (κ3) is 3.92. The highest BCUT2D eigenvalue weighted by Gasteiger charge is 2.26. The molecule has 0 bridgehead atoms. The summed E-state index contributed by atoms with van der Waals surface area (Å²) in [6, 6.07) is 31.5. The van der Waals surface area contributed by atoms with Gasteiger partial charge in [-0.2, -0.15) is 0 Å². The highest BCUT2D eigenvalue weighted by atomic mass is 19.1. The average Bonchev–Trinajstić information content (AvgIpc) is 2.96. The molecule has 5 aromatic carbocycles. The van der Waals surface area contributed by atoms with Gasteiger partial charge in [-0.05, 0) is 94.6 Å². The van der Waals surface area contributed by atoms with Crippen molar-refractivity contribution in [2.75, 3.05) is 7.05 Å². The van der Waals surface area contributed by atoms with E-state index in [0.717, 1.165) is 40.1 Å². The first-order valence-electron chi connectivity index (χ1n) is 13.9. The second-order valence-corrected chi connectivity index (χ2v) is 10.8. The van der Waals surface area contributed by atoms with E-state index in [2.05, 4.69) is 72.9 Å². The smallest absolute Gasteiger partial charge is 0.133 e. The van der Waals surface area contributed by atoms with Crippen LogP contribution in [0.3, 0.4) is 0 Å². The van der Waals surface area contributed by atoms with E-state index in [9.17, 15) is 0 Å². The molecule has 39 heavy (non-hydrogen) atoms. The van der Waals surface area contributed by atoms with Gasteiger partial charge < -0.3 is 5.32 Å². The molecule has 1 heterocycles. The van der Waals surface area contributed by atoms with E-state index >= 15 is 4.39 Å². The van der Waals surface area contributed by atoms with Crippen molar-refractivity contribution in [2.45, 2.75) is 38.6 Å². The van der Waals surface area contributed by atoms with Gasteiger partial charge in [0.1, 0.15) is 5.82 Å². The van der Waals surface area contributed by atoms with Gasteiger partial charge in [0.2, 0.25) is 0 Å². The molecule has 3 heteroatoms. The summed E-state index contributed by atoms with van der Waals surface area (Å²) in [7, 11) is 1.92. The van der Waals surface area contributed by atoms with Crippen molar-refractivity contribution in [1.29, 1.82) is 0 Å². The number of nitrogens with zero attached hydrogens (tertiary/aromatic N) is 1. The van der Waals surface area contributed by atoms with Crippen LogP contribution in [0.25, 0.3) is 43.6 Å². The SMILES string of the molecule is CNCc1nc(-c2c(F)ccc3c2ccc2c4c(ccc23)CCCC4c2ccccc2C)cc2ccccc12. The maximum absolute atomic E-state index is 15.7.